The van der Waals surface area contributed by atoms with Gasteiger partial charge in [-0.3, -0.25) is 19.5 Å². The summed E-state index contributed by atoms with van der Waals surface area (Å²) in [6.45, 7) is 11.6. The zero-order chi connectivity index (χ0) is 50.2. The summed E-state index contributed by atoms with van der Waals surface area (Å²) >= 11 is 0. The van der Waals surface area contributed by atoms with Gasteiger partial charge in [-0.25, -0.2) is 14.6 Å². The number of anilines is 1. The summed E-state index contributed by atoms with van der Waals surface area (Å²) < 4.78 is 42.4. The van der Waals surface area contributed by atoms with Crippen LogP contribution in [0.3, 0.4) is 0 Å². The van der Waals surface area contributed by atoms with Crippen molar-refractivity contribution in [3.05, 3.63) is 73.1 Å². The van der Waals surface area contributed by atoms with Crippen molar-refractivity contribution >= 4 is 59.7 Å². The van der Waals surface area contributed by atoms with E-state index in [2.05, 4.69) is 60.8 Å². The van der Waals surface area contributed by atoms with Crippen LogP contribution in [0.2, 0.25) is 5.04 Å². The summed E-state index contributed by atoms with van der Waals surface area (Å²) in [5.74, 6) is -1.25. The largest absolute Gasteiger partial charge is 0.481 e. The number of rotatable bonds is 27. The van der Waals surface area contributed by atoms with E-state index in [9.17, 15) is 29.4 Å². The van der Waals surface area contributed by atoms with Gasteiger partial charge in [-0.1, -0.05) is 159 Å². The number of hydrogen-bond acceptors (Lipinski definition) is 11. The number of benzene rings is 2. The highest BCUT2D eigenvalue weighted by Crippen LogP contribution is 2.43. The number of imidazole rings is 1. The number of carboxylic acids is 2. The number of halogens is 1. The van der Waals surface area contributed by atoms with E-state index >= 15 is 4.39 Å². The number of esters is 1. The molecule has 1 saturated heterocycles. The van der Waals surface area contributed by atoms with E-state index in [0.29, 0.717) is 19.3 Å². The number of unbranched alkanes of at least 4 members (excludes halogenated alkanes) is 8. The maximum atomic E-state index is 15.5. The first kappa shape index (κ1) is 54.2. The fourth-order valence-corrected chi connectivity index (χ4v) is 14.1. The topological polar surface area (TPSA) is 201 Å². The summed E-state index contributed by atoms with van der Waals surface area (Å²) in [5.41, 5.74) is -3.85. The molecule has 0 aliphatic carbocycles. The summed E-state index contributed by atoms with van der Waals surface area (Å²) in [6, 6.07) is 19.8. The van der Waals surface area contributed by atoms with E-state index in [1.807, 2.05) is 60.7 Å². The number of terminal acetylenes is 1. The monoisotopic (exact) mass is 971 g/mol. The maximum Gasteiger partial charge on any atom is 0.414 e. The molecule has 17 heteroatoms. The van der Waals surface area contributed by atoms with Crippen molar-refractivity contribution in [2.75, 3.05) is 11.9 Å². The Hall–Kier alpha value is -5.70. The molecule has 0 bridgehead atoms. The lowest BCUT2D eigenvalue weighted by Gasteiger charge is -2.44. The van der Waals surface area contributed by atoms with Crippen LogP contribution in [0.4, 0.5) is 15.0 Å². The lowest BCUT2D eigenvalue weighted by Crippen LogP contribution is -2.68. The lowest BCUT2D eigenvalue weighted by atomic mass is 9.87. The van der Waals surface area contributed by atoms with Crippen molar-refractivity contribution in [3.63, 3.8) is 0 Å². The summed E-state index contributed by atoms with van der Waals surface area (Å²) in [5, 5.41) is 24.6. The normalized spacial score (nSPS) is 18.5. The highest BCUT2D eigenvalue weighted by atomic mass is 28.4. The number of aliphatic carboxylic acids is 2. The molecule has 1 aliphatic rings. The second-order valence-electron chi connectivity index (χ2n) is 19.2. The fraction of sp³-hybridized carbons (Fsp3) is 0.558. The minimum absolute atomic E-state index is 0.0171. The van der Waals surface area contributed by atoms with Crippen molar-refractivity contribution in [1.82, 2.24) is 19.5 Å². The first-order valence-electron chi connectivity index (χ1n) is 24.4. The molecule has 3 heterocycles. The van der Waals surface area contributed by atoms with Crippen LogP contribution >= 0.6 is 0 Å². The molecule has 0 radical (unpaired) electrons. The van der Waals surface area contributed by atoms with Gasteiger partial charge in [0.25, 0.3) is 8.32 Å². The Bertz CT molecular complexity index is 2330. The Morgan fingerprint density at radius 3 is 2.03 bits per heavy atom. The zero-order valence-electron chi connectivity index (χ0n) is 41.0. The molecule has 0 saturated carbocycles. The van der Waals surface area contributed by atoms with Crippen molar-refractivity contribution < 1.29 is 52.4 Å². The number of amides is 1. The standard InChI is InChI=1S/C52H70FN5O10Si/c1-8-11-13-15-19-26-38(46(60)61)27-25-33-52(47(62)63,32-24-16-14-12-9-2)68-49(64)56-44-43-45(57-48(53)55-44)58(36-54-43)42-34-41(66-37(4)59)51(10-3,67-42)35-65-69(50(5,6)7,39-28-20-17-21-29-39)40-30-22-18-23-31-40/h3,17-18,20-23,28-31,36,38,41-42H,8-9,11-16,19,24-27,32-35H2,1-2,4-7H3,(H,60,61)(H,62,63)(H,55,56,57,64)/t38?,41-,42+,51+,52?/m0/s1. The van der Waals surface area contributed by atoms with Crippen LogP contribution in [-0.4, -0.2) is 86.0 Å². The Morgan fingerprint density at radius 2 is 1.48 bits per heavy atom. The van der Waals surface area contributed by atoms with Gasteiger partial charge in [-0.15, -0.1) is 6.42 Å². The molecule has 0 spiro atoms. The van der Waals surface area contributed by atoms with Gasteiger partial charge in [0.15, 0.2) is 22.6 Å². The van der Waals surface area contributed by atoms with Gasteiger partial charge in [0.1, 0.15) is 12.3 Å². The molecule has 1 amide bonds. The highest BCUT2D eigenvalue weighted by molar-refractivity contribution is 6.99. The molecule has 69 heavy (non-hydrogen) atoms. The number of fused-ring (bicyclic) bond motifs is 1. The number of carbonyl (C=O) groups excluding carboxylic acids is 2. The minimum atomic E-state index is -3.19. The summed E-state index contributed by atoms with van der Waals surface area (Å²) in [4.78, 5) is 64.0. The Balaban J connectivity index is 1.42. The number of hydrogen-bond donors (Lipinski definition) is 3. The second kappa shape index (κ2) is 24.7. The van der Waals surface area contributed by atoms with E-state index in [0.717, 1.165) is 61.7 Å². The molecular weight excluding hydrogens is 902 g/mol. The van der Waals surface area contributed by atoms with Crippen LogP contribution in [0, 0.1) is 24.3 Å². The third-order valence-corrected chi connectivity index (χ3v) is 18.2. The first-order chi connectivity index (χ1) is 33.0. The molecule has 15 nitrogen and oxygen atoms in total. The maximum absolute atomic E-state index is 15.5. The van der Waals surface area contributed by atoms with E-state index in [1.54, 1.807) is 0 Å². The molecule has 3 N–H and O–H groups in total. The summed E-state index contributed by atoms with van der Waals surface area (Å²) in [6.07, 6.45) is 12.5. The van der Waals surface area contributed by atoms with Crippen LogP contribution in [0.25, 0.3) is 11.2 Å². The number of carbonyl (C=O) groups is 4. The second-order valence-corrected chi connectivity index (χ2v) is 23.5. The van der Waals surface area contributed by atoms with Crippen LogP contribution in [0.1, 0.15) is 151 Å². The molecule has 5 rings (SSSR count). The Labute approximate surface area is 406 Å². The van der Waals surface area contributed by atoms with Gasteiger partial charge >= 0.3 is 30.1 Å². The van der Waals surface area contributed by atoms with Crippen LogP contribution in [0.15, 0.2) is 67.0 Å². The SMILES string of the molecule is C#C[C@]1(CO[Si](c2ccccc2)(c2ccccc2)C(C)(C)C)O[C@@H](n2cnc3c(NC(=O)OC(CCCCCCC)(CCCC(CCCCCCC)C(=O)O)C(=O)O)nc(F)nc32)C[C@@H]1OC(C)=O. The molecule has 4 aromatic rings. The molecule has 2 aromatic carbocycles. The molecule has 1 fully saturated rings. The predicted octanol–water partition coefficient (Wildman–Crippen LogP) is 9.73. The van der Waals surface area contributed by atoms with Crippen molar-refractivity contribution in [3.8, 4) is 12.3 Å². The predicted molar refractivity (Wildman–Crippen MR) is 263 cm³/mol. The quantitative estimate of drug-likeness (QED) is 0.0168. The van der Waals surface area contributed by atoms with Crippen LogP contribution < -0.4 is 15.7 Å². The number of aromatic nitrogens is 4. The number of carboxylic acid groups (broad SMARTS) is 2. The van der Waals surface area contributed by atoms with Crippen LogP contribution in [-0.2, 0) is 33.0 Å². The van der Waals surface area contributed by atoms with E-state index in [1.165, 1.54) is 17.8 Å². The number of nitrogens with zero attached hydrogens (tertiary/aromatic N) is 4. The van der Waals surface area contributed by atoms with Gasteiger partial charge in [0.2, 0.25) is 5.60 Å². The molecule has 374 valence electrons. The van der Waals surface area contributed by atoms with Crippen molar-refractivity contribution in [2.24, 2.45) is 5.92 Å². The molecule has 1 aliphatic heterocycles. The fourth-order valence-electron chi connectivity index (χ4n) is 9.53. The first-order valence-corrected chi connectivity index (χ1v) is 26.3. The number of nitrogens with one attached hydrogen (secondary N) is 1. The Kier molecular flexibility index (Phi) is 19.4. The molecule has 2 unspecified atom stereocenters. The van der Waals surface area contributed by atoms with Crippen molar-refractivity contribution in [1.29, 1.82) is 0 Å². The average Bonchev–Trinajstić information content (AvgIpc) is 3.89. The van der Waals surface area contributed by atoms with Crippen LogP contribution in [0.5, 0.6) is 0 Å². The van der Waals surface area contributed by atoms with E-state index < -0.39 is 78.7 Å². The zero-order valence-corrected chi connectivity index (χ0v) is 42.0. The lowest BCUT2D eigenvalue weighted by molar-refractivity contribution is -0.160. The van der Waals surface area contributed by atoms with Gasteiger partial charge in [0, 0.05) is 13.3 Å². The number of ether oxygens (including phenoxy) is 3. The Morgan fingerprint density at radius 1 is 0.899 bits per heavy atom. The molecule has 5 atom stereocenters. The molecule has 2 aromatic heterocycles. The highest BCUT2D eigenvalue weighted by Gasteiger charge is 2.56. The van der Waals surface area contributed by atoms with Gasteiger partial charge in [0.05, 0.1) is 18.9 Å². The minimum Gasteiger partial charge on any atom is -0.481 e. The average molecular weight is 972 g/mol. The van der Waals surface area contributed by atoms with E-state index in [-0.39, 0.29) is 49.9 Å². The van der Waals surface area contributed by atoms with Gasteiger partial charge in [-0.2, -0.15) is 14.4 Å². The molecular formula is C52H70FN5O10Si. The smallest absolute Gasteiger partial charge is 0.414 e. The van der Waals surface area contributed by atoms with E-state index in [4.69, 9.17) is 25.1 Å². The third kappa shape index (κ3) is 13.3. The third-order valence-electron chi connectivity index (χ3n) is 13.2. The van der Waals surface area contributed by atoms with Crippen molar-refractivity contribution in [2.45, 2.75) is 173 Å². The van der Waals surface area contributed by atoms with Gasteiger partial charge < -0.3 is 28.8 Å². The summed E-state index contributed by atoms with van der Waals surface area (Å²) in [7, 11) is -3.19. The van der Waals surface area contributed by atoms with Gasteiger partial charge in [-0.05, 0) is 53.9 Å².